The summed E-state index contributed by atoms with van der Waals surface area (Å²) in [7, 11) is 0. The second-order valence-corrected chi connectivity index (χ2v) is 8.65. The first kappa shape index (κ1) is 23.7. The Kier molecular flexibility index (Phi) is 6.38. The van der Waals surface area contributed by atoms with E-state index in [9.17, 15) is 24.8 Å². The average molecular weight is 475 g/mol. The molecule has 3 amide bonds. The molecule has 2 heterocycles. The molecule has 1 aliphatic carbocycles. The molecule has 11 heteroatoms. The van der Waals surface area contributed by atoms with E-state index in [0.29, 0.717) is 34.4 Å². The van der Waals surface area contributed by atoms with Crippen molar-refractivity contribution < 1.29 is 19.5 Å². The van der Waals surface area contributed by atoms with E-state index in [4.69, 9.17) is 5.41 Å². The van der Waals surface area contributed by atoms with Crippen LogP contribution in [0.25, 0.3) is 11.3 Å². The predicted octanol–water partition coefficient (Wildman–Crippen LogP) is 1.14. The minimum atomic E-state index is -0.721. The molecule has 11 nitrogen and oxygen atoms in total. The minimum Gasteiger partial charge on any atom is -0.875 e. The molecule has 4 rings (SSSR count). The normalized spacial score (nSPS) is 17.7. The van der Waals surface area contributed by atoms with Crippen molar-refractivity contribution in [2.75, 3.05) is 18.5 Å². The van der Waals surface area contributed by atoms with Crippen molar-refractivity contribution in [3.8, 4) is 17.3 Å². The Bertz CT molecular complexity index is 1300. The van der Waals surface area contributed by atoms with Gasteiger partial charge in [-0.05, 0) is 44.0 Å². The van der Waals surface area contributed by atoms with Gasteiger partial charge in [0.05, 0.1) is 35.7 Å². The summed E-state index contributed by atoms with van der Waals surface area (Å²) >= 11 is 0. The maximum atomic E-state index is 13.1. The van der Waals surface area contributed by atoms with Gasteiger partial charge in [0.15, 0.2) is 0 Å². The number of amides is 3. The van der Waals surface area contributed by atoms with Gasteiger partial charge in [-0.2, -0.15) is 10.4 Å². The number of nitrogens with zero attached hydrogens (tertiary/aromatic N) is 4. The van der Waals surface area contributed by atoms with E-state index in [2.05, 4.69) is 21.8 Å². The van der Waals surface area contributed by atoms with E-state index >= 15 is 0 Å². The number of hydrogen-bond donors (Lipinski definition) is 3. The SMILES string of the molecule is C/C([O-])=C(/C=N)C(=O)NCN1C[C@H](C)n2nc(-c3ccc(C#N)cc3NC(=O)C3CC3)cc2C1=O. The molecule has 1 aliphatic heterocycles. The molecule has 0 spiro atoms. The molecule has 1 aromatic heterocycles. The Morgan fingerprint density at radius 1 is 1.34 bits per heavy atom. The van der Waals surface area contributed by atoms with Crippen LogP contribution in [0.3, 0.4) is 0 Å². The fourth-order valence-electron chi connectivity index (χ4n) is 3.91. The zero-order valence-electron chi connectivity index (χ0n) is 19.3. The molecule has 35 heavy (non-hydrogen) atoms. The van der Waals surface area contributed by atoms with Gasteiger partial charge in [0.2, 0.25) is 5.91 Å². The molecule has 0 unspecified atom stereocenters. The lowest BCUT2D eigenvalue weighted by atomic mass is 10.1. The first-order valence-corrected chi connectivity index (χ1v) is 11.1. The summed E-state index contributed by atoms with van der Waals surface area (Å²) in [6.45, 7) is 3.21. The summed E-state index contributed by atoms with van der Waals surface area (Å²) in [6, 6.07) is 8.38. The van der Waals surface area contributed by atoms with Gasteiger partial charge >= 0.3 is 0 Å². The number of rotatable bonds is 7. The third kappa shape index (κ3) is 4.77. The van der Waals surface area contributed by atoms with E-state index in [1.54, 1.807) is 28.9 Å². The Balaban J connectivity index is 1.59. The van der Waals surface area contributed by atoms with Crippen molar-refractivity contribution in [1.82, 2.24) is 20.0 Å². The summed E-state index contributed by atoms with van der Waals surface area (Å²) in [6.07, 6.45) is 2.36. The number of benzene rings is 1. The van der Waals surface area contributed by atoms with Gasteiger partial charge in [-0.3, -0.25) is 19.1 Å². The van der Waals surface area contributed by atoms with Crippen LogP contribution in [-0.2, 0) is 9.59 Å². The number of fused-ring (bicyclic) bond motifs is 1. The molecule has 1 fully saturated rings. The fraction of sp³-hybridized carbons (Fsp3) is 0.333. The summed E-state index contributed by atoms with van der Waals surface area (Å²) in [5, 5.41) is 38.0. The lowest BCUT2D eigenvalue weighted by molar-refractivity contribution is -0.302. The Morgan fingerprint density at radius 3 is 2.71 bits per heavy atom. The molecule has 0 bridgehead atoms. The lowest BCUT2D eigenvalue weighted by Gasteiger charge is -2.31. The highest BCUT2D eigenvalue weighted by molar-refractivity contribution is 6.11. The Hall–Kier alpha value is -4.46. The molecule has 2 aliphatic rings. The summed E-state index contributed by atoms with van der Waals surface area (Å²) < 4.78 is 1.60. The highest BCUT2D eigenvalue weighted by Gasteiger charge is 2.33. The van der Waals surface area contributed by atoms with E-state index < -0.39 is 11.7 Å². The second-order valence-electron chi connectivity index (χ2n) is 8.65. The van der Waals surface area contributed by atoms with Crippen LogP contribution in [0.2, 0.25) is 0 Å². The average Bonchev–Trinajstić information content (AvgIpc) is 3.59. The smallest absolute Gasteiger partial charge is 0.273 e. The van der Waals surface area contributed by atoms with Gasteiger partial charge in [-0.15, -0.1) is 5.76 Å². The van der Waals surface area contributed by atoms with E-state index in [1.165, 1.54) is 11.8 Å². The number of carbonyl (C=O) groups excluding carboxylic acids is 3. The maximum Gasteiger partial charge on any atom is 0.273 e. The third-order valence-electron chi connectivity index (χ3n) is 5.97. The molecule has 1 saturated carbocycles. The molecule has 0 radical (unpaired) electrons. The van der Waals surface area contributed by atoms with E-state index in [0.717, 1.165) is 12.8 Å². The van der Waals surface area contributed by atoms with E-state index in [-0.39, 0.29) is 42.6 Å². The topological polar surface area (TPSA) is 167 Å². The number of anilines is 1. The molecule has 0 saturated heterocycles. The number of aromatic nitrogens is 2. The third-order valence-corrected chi connectivity index (χ3v) is 5.97. The van der Waals surface area contributed by atoms with Crippen molar-refractivity contribution >= 4 is 29.6 Å². The van der Waals surface area contributed by atoms with Crippen LogP contribution in [0.5, 0.6) is 0 Å². The number of hydrogen-bond acceptors (Lipinski definition) is 7. The van der Waals surface area contributed by atoms with Gasteiger partial charge in [0, 0.05) is 29.8 Å². The number of nitriles is 1. The van der Waals surface area contributed by atoms with E-state index in [1.807, 2.05) is 6.92 Å². The van der Waals surface area contributed by atoms with Gasteiger partial charge in [0.1, 0.15) is 5.69 Å². The molecular weight excluding hydrogens is 450 g/mol. The van der Waals surface area contributed by atoms with Crippen LogP contribution in [0.1, 0.15) is 48.8 Å². The highest BCUT2D eigenvalue weighted by Crippen LogP contribution is 2.34. The monoisotopic (exact) mass is 474 g/mol. The van der Waals surface area contributed by atoms with Crippen molar-refractivity contribution in [2.24, 2.45) is 5.92 Å². The van der Waals surface area contributed by atoms with Crippen LogP contribution >= 0.6 is 0 Å². The summed E-state index contributed by atoms with van der Waals surface area (Å²) in [4.78, 5) is 39.1. The minimum absolute atomic E-state index is 0.0254. The first-order chi connectivity index (χ1) is 16.7. The number of allylic oxidation sites excluding steroid dienone is 1. The van der Waals surface area contributed by atoms with Crippen LogP contribution in [0.15, 0.2) is 35.6 Å². The zero-order chi connectivity index (χ0) is 25.3. The van der Waals surface area contributed by atoms with Crippen LogP contribution in [-0.4, -0.2) is 51.8 Å². The maximum absolute atomic E-state index is 13.1. The predicted molar refractivity (Wildman–Crippen MR) is 124 cm³/mol. The zero-order valence-corrected chi connectivity index (χ0v) is 19.3. The Labute approximate surface area is 201 Å². The fourth-order valence-corrected chi connectivity index (χ4v) is 3.91. The van der Waals surface area contributed by atoms with Crippen molar-refractivity contribution in [2.45, 2.75) is 32.7 Å². The lowest BCUT2D eigenvalue weighted by Crippen LogP contribution is -2.48. The van der Waals surface area contributed by atoms with Crippen molar-refractivity contribution in [3.05, 3.63) is 46.9 Å². The molecule has 180 valence electrons. The number of nitrogens with one attached hydrogen (secondary N) is 3. The van der Waals surface area contributed by atoms with Gasteiger partial charge in [0.25, 0.3) is 11.8 Å². The first-order valence-electron chi connectivity index (χ1n) is 11.1. The Morgan fingerprint density at radius 2 is 2.09 bits per heavy atom. The standard InChI is InChI=1S/C24H25N7O4/c1-13-11-30(12-27-23(34)18(10-26)14(2)32)24(35)21-8-20(29-31(13)21)17-6-3-15(9-25)7-19(17)28-22(33)16-4-5-16/h3,6-8,10,13,16,26,32H,4-5,11-12H2,1-2H3,(H,27,34)(H,28,33)/p-1/b18-14+,26-10?/t13-/m0/s1. The second kappa shape index (κ2) is 9.42. The quantitative estimate of drug-likeness (QED) is 0.309. The van der Waals surface area contributed by atoms with Crippen LogP contribution in [0.4, 0.5) is 5.69 Å². The van der Waals surface area contributed by atoms with Crippen molar-refractivity contribution in [3.63, 3.8) is 0 Å². The largest absolute Gasteiger partial charge is 0.875 e. The molecule has 1 atom stereocenters. The van der Waals surface area contributed by atoms with Gasteiger partial charge < -0.3 is 26.0 Å². The van der Waals surface area contributed by atoms with Crippen LogP contribution < -0.4 is 15.7 Å². The highest BCUT2D eigenvalue weighted by atomic mass is 16.3. The molecular formula is C24H24N7O4-. The number of carbonyl (C=O) groups is 3. The van der Waals surface area contributed by atoms with Gasteiger partial charge in [-0.1, -0.05) is 6.92 Å². The van der Waals surface area contributed by atoms with Crippen molar-refractivity contribution in [1.29, 1.82) is 10.7 Å². The van der Waals surface area contributed by atoms with Crippen LogP contribution in [0, 0.1) is 22.7 Å². The summed E-state index contributed by atoms with van der Waals surface area (Å²) in [5.74, 6) is -1.75. The molecule has 2 aromatic rings. The summed E-state index contributed by atoms with van der Waals surface area (Å²) in [5.41, 5.74) is 1.92. The molecule has 3 N–H and O–H groups in total. The molecule has 1 aromatic carbocycles. The van der Waals surface area contributed by atoms with Gasteiger partial charge in [-0.25, -0.2) is 0 Å².